The van der Waals surface area contributed by atoms with Crippen LogP contribution in [0.5, 0.6) is 5.75 Å². The van der Waals surface area contributed by atoms with Crippen LogP contribution in [0.4, 0.5) is 0 Å². The minimum absolute atomic E-state index is 0.135. The number of hydrogen-bond donors (Lipinski definition) is 0. The fraction of sp³-hybridized carbons (Fsp3) is 0.389. The van der Waals surface area contributed by atoms with Crippen LogP contribution in [0.3, 0.4) is 0 Å². The first-order valence-electron chi connectivity index (χ1n) is 6.61. The average Bonchev–Trinajstić information content (AvgIpc) is 2.41. The van der Waals surface area contributed by atoms with E-state index in [-0.39, 0.29) is 5.41 Å². The summed E-state index contributed by atoms with van der Waals surface area (Å²) in [7, 11) is 1.57. The topological polar surface area (TPSA) is 35.5 Å². The van der Waals surface area contributed by atoms with Crippen molar-refractivity contribution in [2.24, 2.45) is 5.41 Å². The highest BCUT2D eigenvalue weighted by atomic mass is 16.5. The van der Waals surface area contributed by atoms with Crippen LogP contribution in [-0.2, 0) is 9.53 Å². The van der Waals surface area contributed by atoms with Gasteiger partial charge in [0, 0.05) is 23.5 Å². The number of carbonyl (C=O) groups is 1. The number of ether oxygens (including phenoxy) is 2. The Bertz CT molecular complexity index is 619. The second-order valence-electron chi connectivity index (χ2n) is 5.61. The second kappa shape index (κ2) is 6.86. The molecular weight excluding hydrogens is 264 g/mol. The van der Waals surface area contributed by atoms with Gasteiger partial charge in [-0.05, 0) is 39.0 Å². The summed E-state index contributed by atoms with van der Waals surface area (Å²) < 4.78 is 10.4. The number of terminal acetylenes is 1. The molecule has 0 fully saturated rings. The van der Waals surface area contributed by atoms with Gasteiger partial charge in [-0.3, -0.25) is 4.79 Å². The van der Waals surface area contributed by atoms with Gasteiger partial charge in [-0.2, -0.15) is 0 Å². The summed E-state index contributed by atoms with van der Waals surface area (Å²) in [4.78, 5) is 11.2. The summed E-state index contributed by atoms with van der Waals surface area (Å²) in [5.74, 6) is 8.92. The van der Waals surface area contributed by atoms with Gasteiger partial charge >= 0.3 is 5.97 Å². The van der Waals surface area contributed by atoms with E-state index in [2.05, 4.69) is 17.8 Å². The third-order valence-corrected chi connectivity index (χ3v) is 2.55. The largest absolute Gasteiger partial charge is 0.497 e. The first kappa shape index (κ1) is 16.7. The van der Waals surface area contributed by atoms with Gasteiger partial charge in [-0.25, -0.2) is 0 Å². The highest BCUT2D eigenvalue weighted by molar-refractivity contribution is 5.67. The van der Waals surface area contributed by atoms with E-state index >= 15 is 0 Å². The lowest BCUT2D eigenvalue weighted by molar-refractivity contribution is -0.144. The molecule has 0 amide bonds. The van der Waals surface area contributed by atoms with E-state index in [4.69, 9.17) is 15.9 Å². The van der Waals surface area contributed by atoms with Crippen molar-refractivity contribution in [3.63, 3.8) is 0 Å². The highest BCUT2D eigenvalue weighted by Gasteiger charge is 2.16. The molecule has 0 aliphatic heterocycles. The molecule has 1 rings (SSSR count). The van der Waals surface area contributed by atoms with Crippen molar-refractivity contribution in [2.75, 3.05) is 7.11 Å². The van der Waals surface area contributed by atoms with Crippen LogP contribution in [-0.4, -0.2) is 13.1 Å². The van der Waals surface area contributed by atoms with E-state index in [1.807, 2.05) is 26.8 Å². The number of hydrogen-bond acceptors (Lipinski definition) is 3. The fourth-order valence-corrected chi connectivity index (χ4v) is 1.61. The van der Waals surface area contributed by atoms with Crippen molar-refractivity contribution < 1.29 is 14.3 Å². The monoisotopic (exact) mass is 284 g/mol. The minimum Gasteiger partial charge on any atom is -0.497 e. The van der Waals surface area contributed by atoms with Crippen LogP contribution in [0.15, 0.2) is 18.2 Å². The molecule has 110 valence electrons. The van der Waals surface area contributed by atoms with Crippen LogP contribution in [0, 0.1) is 29.6 Å². The summed E-state index contributed by atoms with van der Waals surface area (Å²) in [5.41, 5.74) is 1.25. The van der Waals surface area contributed by atoms with Gasteiger partial charge in [0.25, 0.3) is 0 Å². The third kappa shape index (κ3) is 5.24. The molecule has 0 N–H and O–H groups in total. The normalized spacial score (nSPS) is 11.6. The summed E-state index contributed by atoms with van der Waals surface area (Å²) in [6.07, 6.45) is 4.70. The maximum Gasteiger partial charge on any atom is 0.304 e. The van der Waals surface area contributed by atoms with E-state index in [1.165, 1.54) is 6.92 Å². The van der Waals surface area contributed by atoms with Crippen LogP contribution in [0.1, 0.15) is 44.9 Å². The average molecular weight is 284 g/mol. The Hall–Kier alpha value is -2.39. The Balaban J connectivity index is 3.34. The van der Waals surface area contributed by atoms with Gasteiger partial charge in [0.05, 0.1) is 7.11 Å². The summed E-state index contributed by atoms with van der Waals surface area (Å²) in [6.45, 7) is 7.39. The summed E-state index contributed by atoms with van der Waals surface area (Å²) in [6, 6.07) is 5.37. The van der Waals surface area contributed by atoms with Crippen molar-refractivity contribution in [1.82, 2.24) is 0 Å². The van der Waals surface area contributed by atoms with Crippen molar-refractivity contribution in [3.8, 4) is 29.9 Å². The molecule has 1 unspecified atom stereocenters. The number of esters is 1. The van der Waals surface area contributed by atoms with E-state index in [0.29, 0.717) is 11.3 Å². The number of benzene rings is 1. The number of rotatable bonds is 3. The van der Waals surface area contributed by atoms with Crippen LogP contribution < -0.4 is 4.74 Å². The molecule has 3 nitrogen and oxygen atoms in total. The predicted molar refractivity (Wildman–Crippen MR) is 82.7 cm³/mol. The maximum atomic E-state index is 11.2. The standard InChI is InChI=1S/C18H20O3/c1-7-17(21-13(2)19)16-12-15(20-6)9-8-14(16)10-11-18(3,4)5/h1,8-9,12,17H,2-6H3. The van der Waals surface area contributed by atoms with E-state index in [9.17, 15) is 4.79 Å². The highest BCUT2D eigenvalue weighted by Crippen LogP contribution is 2.26. The minimum atomic E-state index is -0.776. The lowest BCUT2D eigenvalue weighted by Gasteiger charge is -2.15. The maximum absolute atomic E-state index is 11.2. The molecule has 1 aromatic carbocycles. The molecule has 0 aliphatic rings. The van der Waals surface area contributed by atoms with Crippen molar-refractivity contribution in [2.45, 2.75) is 33.8 Å². The van der Waals surface area contributed by atoms with Gasteiger partial charge in [0.1, 0.15) is 5.75 Å². The Morgan fingerprint density at radius 2 is 2.00 bits per heavy atom. The van der Waals surface area contributed by atoms with Crippen molar-refractivity contribution >= 4 is 5.97 Å². The number of carbonyl (C=O) groups excluding carboxylic acids is 1. The molecule has 0 saturated carbocycles. The van der Waals surface area contributed by atoms with E-state index in [0.717, 1.165) is 5.56 Å². The van der Waals surface area contributed by atoms with Gasteiger partial charge in [0.2, 0.25) is 0 Å². The summed E-state index contributed by atoms with van der Waals surface area (Å²) in [5, 5.41) is 0. The molecule has 0 heterocycles. The van der Waals surface area contributed by atoms with Gasteiger partial charge in [0.15, 0.2) is 6.10 Å². The fourth-order valence-electron chi connectivity index (χ4n) is 1.61. The van der Waals surface area contributed by atoms with Gasteiger partial charge < -0.3 is 9.47 Å². The Kier molecular flexibility index (Phi) is 5.44. The quantitative estimate of drug-likeness (QED) is 0.631. The molecule has 0 aromatic heterocycles. The van der Waals surface area contributed by atoms with Crippen LogP contribution >= 0.6 is 0 Å². The van der Waals surface area contributed by atoms with Gasteiger partial charge in [-0.1, -0.05) is 17.8 Å². The second-order valence-corrected chi connectivity index (χ2v) is 5.61. The van der Waals surface area contributed by atoms with Crippen LogP contribution in [0.2, 0.25) is 0 Å². The first-order valence-corrected chi connectivity index (χ1v) is 6.61. The summed E-state index contributed by atoms with van der Waals surface area (Å²) >= 11 is 0. The molecular formula is C18H20O3. The zero-order chi connectivity index (χ0) is 16.0. The first-order chi connectivity index (χ1) is 9.76. The SMILES string of the molecule is C#CC(OC(C)=O)c1cc(OC)ccc1C#CC(C)(C)C. The molecule has 0 saturated heterocycles. The molecule has 1 aromatic rings. The molecule has 3 heteroatoms. The van der Waals surface area contributed by atoms with E-state index < -0.39 is 12.1 Å². The predicted octanol–water partition coefficient (Wildman–Crippen LogP) is 3.33. The smallest absolute Gasteiger partial charge is 0.304 e. The number of methoxy groups -OCH3 is 1. The van der Waals surface area contributed by atoms with E-state index in [1.54, 1.807) is 19.2 Å². The molecule has 0 radical (unpaired) electrons. The van der Waals surface area contributed by atoms with Gasteiger partial charge in [-0.15, -0.1) is 6.42 Å². The van der Waals surface area contributed by atoms with Crippen molar-refractivity contribution in [1.29, 1.82) is 0 Å². The third-order valence-electron chi connectivity index (χ3n) is 2.55. The lowest BCUT2D eigenvalue weighted by atomic mass is 9.95. The molecule has 0 bridgehead atoms. The molecule has 0 spiro atoms. The van der Waals surface area contributed by atoms with Crippen LogP contribution in [0.25, 0.3) is 0 Å². The molecule has 21 heavy (non-hydrogen) atoms. The Morgan fingerprint density at radius 1 is 1.33 bits per heavy atom. The molecule has 1 atom stereocenters. The zero-order valence-electron chi connectivity index (χ0n) is 13.1. The molecule has 0 aliphatic carbocycles. The van der Waals surface area contributed by atoms with Crippen molar-refractivity contribution in [3.05, 3.63) is 29.3 Å². The Labute approximate surface area is 126 Å². The Morgan fingerprint density at radius 3 is 2.48 bits per heavy atom. The zero-order valence-corrected chi connectivity index (χ0v) is 13.1. The lowest BCUT2D eigenvalue weighted by Crippen LogP contribution is -2.09.